The lowest BCUT2D eigenvalue weighted by molar-refractivity contribution is -0.121. The second-order valence-electron chi connectivity index (χ2n) is 4.04. The number of carbonyl (C=O) groups is 1. The van der Waals surface area contributed by atoms with E-state index in [2.05, 4.69) is 10.3 Å². The highest BCUT2D eigenvalue weighted by Gasteiger charge is 2.07. The molecule has 0 bridgehead atoms. The first-order valence-electron chi connectivity index (χ1n) is 5.73. The van der Waals surface area contributed by atoms with Crippen molar-refractivity contribution in [1.82, 2.24) is 15.2 Å². The topological polar surface area (TPSA) is 71.2 Å². The van der Waals surface area contributed by atoms with Crippen LogP contribution in [0.25, 0.3) is 0 Å². The van der Waals surface area contributed by atoms with E-state index < -0.39 is 0 Å². The molecule has 1 aromatic rings. The summed E-state index contributed by atoms with van der Waals surface area (Å²) in [5.41, 5.74) is 7.16. The van der Waals surface area contributed by atoms with Gasteiger partial charge >= 0.3 is 0 Å². The molecule has 5 nitrogen and oxygen atoms in total. The fraction of sp³-hybridized carbons (Fsp3) is 0.417. The Labute approximate surface area is 112 Å². The highest BCUT2D eigenvalue weighted by atomic mass is 32.1. The van der Waals surface area contributed by atoms with Crippen LogP contribution >= 0.6 is 12.2 Å². The Kier molecular flexibility index (Phi) is 5.67. The average molecular weight is 266 g/mol. The van der Waals surface area contributed by atoms with Gasteiger partial charge in [-0.2, -0.15) is 0 Å². The van der Waals surface area contributed by atoms with Crippen molar-refractivity contribution in [3.05, 3.63) is 29.6 Å². The number of amides is 1. The molecule has 0 aliphatic carbocycles. The average Bonchev–Trinajstić information content (AvgIpc) is 2.29. The van der Waals surface area contributed by atoms with Crippen LogP contribution in [0.15, 0.2) is 18.3 Å². The second kappa shape index (κ2) is 7.03. The molecule has 0 spiro atoms. The van der Waals surface area contributed by atoms with E-state index in [1.807, 2.05) is 31.0 Å². The first kappa shape index (κ1) is 14.5. The van der Waals surface area contributed by atoms with E-state index in [1.54, 1.807) is 6.20 Å². The van der Waals surface area contributed by atoms with Crippen molar-refractivity contribution in [2.24, 2.45) is 5.73 Å². The molecule has 1 heterocycles. The van der Waals surface area contributed by atoms with Gasteiger partial charge < -0.3 is 11.1 Å². The molecule has 18 heavy (non-hydrogen) atoms. The Morgan fingerprint density at radius 3 is 2.94 bits per heavy atom. The van der Waals surface area contributed by atoms with Crippen molar-refractivity contribution in [3.8, 4) is 0 Å². The third kappa shape index (κ3) is 4.77. The molecule has 0 aliphatic rings. The number of nitrogens with one attached hydrogen (secondary N) is 1. The number of thiocarbonyl (C=S) groups is 1. The summed E-state index contributed by atoms with van der Waals surface area (Å²) in [4.78, 5) is 17.7. The monoisotopic (exact) mass is 266 g/mol. The first-order valence-corrected chi connectivity index (χ1v) is 6.13. The number of nitrogens with zero attached hydrogens (tertiary/aromatic N) is 2. The van der Waals surface area contributed by atoms with Crippen LogP contribution in [0.2, 0.25) is 0 Å². The van der Waals surface area contributed by atoms with E-state index in [9.17, 15) is 4.79 Å². The molecule has 0 saturated heterocycles. The van der Waals surface area contributed by atoms with Crippen LogP contribution in [0.1, 0.15) is 18.2 Å². The third-order valence-corrected chi connectivity index (χ3v) is 2.53. The number of hydrogen-bond donors (Lipinski definition) is 2. The van der Waals surface area contributed by atoms with E-state index >= 15 is 0 Å². The van der Waals surface area contributed by atoms with Crippen molar-refractivity contribution in [2.45, 2.75) is 13.5 Å². The van der Waals surface area contributed by atoms with Crippen LogP contribution in [0.3, 0.4) is 0 Å². The maximum Gasteiger partial charge on any atom is 0.234 e. The lowest BCUT2D eigenvalue weighted by Crippen LogP contribution is -2.34. The summed E-state index contributed by atoms with van der Waals surface area (Å²) < 4.78 is 0. The van der Waals surface area contributed by atoms with E-state index in [1.165, 1.54) is 0 Å². The smallest absolute Gasteiger partial charge is 0.234 e. The largest absolute Gasteiger partial charge is 0.388 e. The molecule has 0 aliphatic heterocycles. The molecule has 1 rings (SSSR count). The fourth-order valence-electron chi connectivity index (χ4n) is 1.57. The summed E-state index contributed by atoms with van der Waals surface area (Å²) in [5.74, 6) is 0.0172. The van der Waals surface area contributed by atoms with Gasteiger partial charge in [-0.25, -0.2) is 0 Å². The lowest BCUT2D eigenvalue weighted by atomic mass is 10.2. The summed E-state index contributed by atoms with van der Waals surface area (Å²) in [5, 5.41) is 2.76. The molecular weight excluding hydrogens is 248 g/mol. The minimum absolute atomic E-state index is 0.0172. The highest BCUT2D eigenvalue weighted by molar-refractivity contribution is 7.80. The standard InChI is InChI=1S/C12H18N4OS/c1-3-14-11(17)8-16(2)7-9-4-5-15-10(6-9)12(13)18/h4-6H,3,7-8H2,1-2H3,(H2,13,18)(H,14,17). The van der Waals surface area contributed by atoms with Crippen molar-refractivity contribution >= 4 is 23.1 Å². The fourth-order valence-corrected chi connectivity index (χ4v) is 1.68. The second-order valence-corrected chi connectivity index (χ2v) is 4.48. The summed E-state index contributed by atoms with van der Waals surface area (Å²) in [6.45, 7) is 3.55. The maximum absolute atomic E-state index is 11.4. The molecule has 6 heteroatoms. The van der Waals surface area contributed by atoms with Gasteiger partial charge in [0.15, 0.2) is 0 Å². The molecule has 1 amide bonds. The van der Waals surface area contributed by atoms with Gasteiger partial charge in [-0.3, -0.25) is 14.7 Å². The van der Waals surface area contributed by atoms with Crippen molar-refractivity contribution in [1.29, 1.82) is 0 Å². The Hall–Kier alpha value is -1.53. The molecule has 0 atom stereocenters. The van der Waals surface area contributed by atoms with Gasteiger partial charge in [-0.05, 0) is 31.7 Å². The molecule has 0 aromatic carbocycles. The maximum atomic E-state index is 11.4. The van der Waals surface area contributed by atoms with E-state index in [0.29, 0.717) is 25.3 Å². The summed E-state index contributed by atoms with van der Waals surface area (Å²) in [6.07, 6.45) is 1.67. The van der Waals surface area contributed by atoms with Gasteiger partial charge in [0.1, 0.15) is 4.99 Å². The number of nitrogens with two attached hydrogens (primary N) is 1. The number of pyridine rings is 1. The van der Waals surface area contributed by atoms with Crippen LogP contribution in [0, 0.1) is 0 Å². The van der Waals surface area contributed by atoms with E-state index in [-0.39, 0.29) is 10.9 Å². The Morgan fingerprint density at radius 1 is 1.61 bits per heavy atom. The number of hydrogen-bond acceptors (Lipinski definition) is 4. The Bertz CT molecular complexity index is 436. The number of carbonyl (C=O) groups excluding carboxylic acids is 1. The highest BCUT2D eigenvalue weighted by Crippen LogP contribution is 2.04. The predicted molar refractivity (Wildman–Crippen MR) is 75.1 cm³/mol. The van der Waals surface area contributed by atoms with Gasteiger partial charge in [0.05, 0.1) is 12.2 Å². The predicted octanol–water partition coefficient (Wildman–Crippen LogP) is 0.284. The number of rotatable bonds is 6. The minimum Gasteiger partial charge on any atom is -0.388 e. The molecule has 0 fully saturated rings. The summed E-state index contributed by atoms with van der Waals surface area (Å²) in [7, 11) is 1.89. The molecule has 0 saturated carbocycles. The zero-order valence-corrected chi connectivity index (χ0v) is 11.5. The van der Waals surface area contributed by atoms with E-state index in [4.69, 9.17) is 18.0 Å². The van der Waals surface area contributed by atoms with Gasteiger partial charge in [-0.1, -0.05) is 12.2 Å². The minimum atomic E-state index is 0.0172. The molecule has 98 valence electrons. The molecule has 3 N–H and O–H groups in total. The van der Waals surface area contributed by atoms with Gasteiger partial charge in [0, 0.05) is 19.3 Å². The Morgan fingerprint density at radius 2 is 2.33 bits per heavy atom. The van der Waals surface area contributed by atoms with Crippen molar-refractivity contribution in [2.75, 3.05) is 20.1 Å². The molecule has 0 radical (unpaired) electrons. The quantitative estimate of drug-likeness (QED) is 0.724. The lowest BCUT2D eigenvalue weighted by Gasteiger charge is -2.16. The van der Waals surface area contributed by atoms with E-state index in [0.717, 1.165) is 5.56 Å². The van der Waals surface area contributed by atoms with Crippen LogP contribution in [-0.2, 0) is 11.3 Å². The summed E-state index contributed by atoms with van der Waals surface area (Å²) in [6, 6.07) is 3.73. The zero-order valence-electron chi connectivity index (χ0n) is 10.6. The number of likely N-dealkylation sites (N-methyl/N-ethyl adjacent to an activating group) is 2. The van der Waals surface area contributed by atoms with Crippen molar-refractivity contribution < 1.29 is 4.79 Å². The van der Waals surface area contributed by atoms with Gasteiger partial charge in [0.25, 0.3) is 0 Å². The van der Waals surface area contributed by atoms with Crippen LogP contribution in [-0.4, -0.2) is 40.9 Å². The van der Waals surface area contributed by atoms with Gasteiger partial charge in [0.2, 0.25) is 5.91 Å². The van der Waals surface area contributed by atoms with Crippen molar-refractivity contribution in [3.63, 3.8) is 0 Å². The Balaban J connectivity index is 2.58. The SMILES string of the molecule is CCNC(=O)CN(C)Cc1ccnc(C(N)=S)c1. The zero-order chi connectivity index (χ0) is 13.5. The first-order chi connectivity index (χ1) is 8.52. The summed E-state index contributed by atoms with van der Waals surface area (Å²) >= 11 is 4.88. The normalized spacial score (nSPS) is 10.4. The van der Waals surface area contributed by atoms with Crippen LogP contribution in [0.5, 0.6) is 0 Å². The molecule has 0 unspecified atom stereocenters. The number of aromatic nitrogens is 1. The van der Waals surface area contributed by atoms with Crippen LogP contribution in [0.4, 0.5) is 0 Å². The van der Waals surface area contributed by atoms with Crippen LogP contribution < -0.4 is 11.1 Å². The molecule has 1 aromatic heterocycles. The van der Waals surface area contributed by atoms with Gasteiger partial charge in [-0.15, -0.1) is 0 Å². The third-order valence-electron chi connectivity index (χ3n) is 2.32. The molecular formula is C12H18N4OS.